The third-order valence-electron chi connectivity index (χ3n) is 2.45. The number of hydrogen-bond acceptors (Lipinski definition) is 3. The minimum absolute atomic E-state index is 0.655. The first-order chi connectivity index (χ1) is 7.81. The summed E-state index contributed by atoms with van der Waals surface area (Å²) in [6, 6.07) is 6.10. The maximum atomic E-state index is 5.53. The van der Waals surface area contributed by atoms with Crippen molar-refractivity contribution < 1.29 is 9.47 Å². The fraction of sp³-hybridized carbons (Fsp3) is 0.538. The van der Waals surface area contributed by atoms with Gasteiger partial charge in [0.1, 0.15) is 0 Å². The minimum Gasteiger partial charge on any atom is -0.493 e. The lowest BCUT2D eigenvalue weighted by Crippen LogP contribution is -2.00. The SMILES string of the molecule is CCOc1cc(CCCCN)ccc1OC. The van der Waals surface area contributed by atoms with Crippen LogP contribution in [0.5, 0.6) is 11.5 Å². The van der Waals surface area contributed by atoms with Crippen LogP contribution in [0.4, 0.5) is 0 Å². The van der Waals surface area contributed by atoms with E-state index in [2.05, 4.69) is 12.1 Å². The normalized spacial score (nSPS) is 10.2. The molecule has 0 heterocycles. The molecule has 0 unspecified atom stereocenters. The fourth-order valence-corrected chi connectivity index (χ4v) is 1.62. The number of aryl methyl sites for hydroxylation is 1. The molecule has 0 aliphatic heterocycles. The quantitative estimate of drug-likeness (QED) is 0.722. The third kappa shape index (κ3) is 3.74. The van der Waals surface area contributed by atoms with E-state index in [4.69, 9.17) is 15.2 Å². The first-order valence-corrected chi connectivity index (χ1v) is 5.81. The van der Waals surface area contributed by atoms with Crippen LogP contribution in [0.2, 0.25) is 0 Å². The first kappa shape index (κ1) is 12.8. The van der Waals surface area contributed by atoms with Crippen molar-refractivity contribution in [1.82, 2.24) is 0 Å². The summed E-state index contributed by atoms with van der Waals surface area (Å²) in [7, 11) is 1.66. The van der Waals surface area contributed by atoms with Gasteiger partial charge in [-0.1, -0.05) is 6.07 Å². The molecule has 0 saturated heterocycles. The number of nitrogens with two attached hydrogens (primary N) is 1. The van der Waals surface area contributed by atoms with Gasteiger partial charge in [-0.05, 0) is 50.4 Å². The molecule has 0 saturated carbocycles. The zero-order valence-corrected chi connectivity index (χ0v) is 10.2. The third-order valence-corrected chi connectivity index (χ3v) is 2.45. The minimum atomic E-state index is 0.655. The second-order valence-electron chi connectivity index (χ2n) is 3.66. The van der Waals surface area contributed by atoms with Crippen molar-refractivity contribution >= 4 is 0 Å². The van der Waals surface area contributed by atoms with Crippen molar-refractivity contribution in [2.75, 3.05) is 20.3 Å². The summed E-state index contributed by atoms with van der Waals surface area (Å²) in [5, 5.41) is 0. The van der Waals surface area contributed by atoms with Crippen LogP contribution in [0.15, 0.2) is 18.2 Å². The largest absolute Gasteiger partial charge is 0.493 e. The topological polar surface area (TPSA) is 44.5 Å². The number of ether oxygens (including phenoxy) is 2. The van der Waals surface area contributed by atoms with Crippen LogP contribution in [0.1, 0.15) is 25.3 Å². The molecule has 0 aliphatic carbocycles. The Morgan fingerprint density at radius 3 is 2.62 bits per heavy atom. The molecule has 3 heteroatoms. The van der Waals surface area contributed by atoms with Crippen molar-refractivity contribution in [3.8, 4) is 11.5 Å². The molecule has 0 atom stereocenters. The number of hydrogen-bond donors (Lipinski definition) is 1. The van der Waals surface area contributed by atoms with Gasteiger partial charge in [-0.15, -0.1) is 0 Å². The maximum Gasteiger partial charge on any atom is 0.161 e. The van der Waals surface area contributed by atoms with Crippen LogP contribution < -0.4 is 15.2 Å². The Hall–Kier alpha value is -1.22. The highest BCUT2D eigenvalue weighted by molar-refractivity contribution is 5.42. The van der Waals surface area contributed by atoms with Crippen LogP contribution in [-0.2, 0) is 6.42 Å². The number of rotatable bonds is 7. The average molecular weight is 223 g/mol. The summed E-state index contributed by atoms with van der Waals surface area (Å²) in [5.41, 5.74) is 6.75. The molecular formula is C13H21NO2. The Morgan fingerprint density at radius 1 is 1.19 bits per heavy atom. The lowest BCUT2D eigenvalue weighted by Gasteiger charge is -2.10. The van der Waals surface area contributed by atoms with Crippen molar-refractivity contribution in [2.24, 2.45) is 5.73 Å². The van der Waals surface area contributed by atoms with Crippen LogP contribution in [0.25, 0.3) is 0 Å². The van der Waals surface area contributed by atoms with Gasteiger partial charge in [0.25, 0.3) is 0 Å². The van der Waals surface area contributed by atoms with Gasteiger partial charge >= 0.3 is 0 Å². The van der Waals surface area contributed by atoms with E-state index in [1.165, 1.54) is 5.56 Å². The molecule has 1 rings (SSSR count). The summed E-state index contributed by atoms with van der Waals surface area (Å²) in [5.74, 6) is 1.62. The molecule has 16 heavy (non-hydrogen) atoms. The van der Waals surface area contributed by atoms with Crippen LogP contribution >= 0.6 is 0 Å². The van der Waals surface area contributed by atoms with Crippen molar-refractivity contribution in [3.63, 3.8) is 0 Å². The highest BCUT2D eigenvalue weighted by Crippen LogP contribution is 2.28. The monoisotopic (exact) mass is 223 g/mol. The Bertz CT molecular complexity index is 313. The van der Waals surface area contributed by atoms with Crippen LogP contribution in [0, 0.1) is 0 Å². The summed E-state index contributed by atoms with van der Waals surface area (Å²) in [4.78, 5) is 0. The maximum absolute atomic E-state index is 5.53. The van der Waals surface area contributed by atoms with E-state index >= 15 is 0 Å². The molecule has 3 nitrogen and oxygen atoms in total. The Morgan fingerprint density at radius 2 is 2.00 bits per heavy atom. The number of methoxy groups -OCH3 is 1. The van der Waals surface area contributed by atoms with Gasteiger partial charge in [-0.2, -0.15) is 0 Å². The van der Waals surface area contributed by atoms with E-state index in [0.717, 1.165) is 37.3 Å². The van der Waals surface area contributed by atoms with Gasteiger partial charge in [0.2, 0.25) is 0 Å². The van der Waals surface area contributed by atoms with Gasteiger partial charge in [0.15, 0.2) is 11.5 Å². The highest BCUT2D eigenvalue weighted by Gasteiger charge is 2.04. The molecule has 0 aliphatic rings. The van der Waals surface area contributed by atoms with Gasteiger partial charge in [0, 0.05) is 0 Å². The van der Waals surface area contributed by atoms with Crippen LogP contribution in [-0.4, -0.2) is 20.3 Å². The molecule has 0 fully saturated rings. The predicted octanol–water partition coefficient (Wildman–Crippen LogP) is 2.38. The smallest absolute Gasteiger partial charge is 0.161 e. The Labute approximate surface area is 97.6 Å². The summed E-state index contributed by atoms with van der Waals surface area (Å²) in [6.07, 6.45) is 3.23. The van der Waals surface area contributed by atoms with E-state index in [-0.39, 0.29) is 0 Å². The lowest BCUT2D eigenvalue weighted by atomic mass is 10.1. The predicted molar refractivity (Wildman–Crippen MR) is 66.2 cm³/mol. The molecule has 0 bridgehead atoms. The molecule has 1 aromatic carbocycles. The molecule has 1 aromatic rings. The van der Waals surface area contributed by atoms with Crippen molar-refractivity contribution in [3.05, 3.63) is 23.8 Å². The second kappa shape index (κ2) is 7.12. The molecule has 0 radical (unpaired) electrons. The standard InChI is InChI=1S/C13H21NO2/c1-3-16-13-10-11(6-4-5-9-14)7-8-12(13)15-2/h7-8,10H,3-6,9,14H2,1-2H3. The van der Waals surface area contributed by atoms with E-state index in [9.17, 15) is 0 Å². The lowest BCUT2D eigenvalue weighted by molar-refractivity contribution is 0.310. The zero-order valence-electron chi connectivity index (χ0n) is 10.2. The Kier molecular flexibility index (Phi) is 5.72. The van der Waals surface area contributed by atoms with Crippen molar-refractivity contribution in [2.45, 2.75) is 26.2 Å². The molecule has 0 aromatic heterocycles. The molecular weight excluding hydrogens is 202 g/mol. The number of unbranched alkanes of at least 4 members (excludes halogenated alkanes) is 1. The van der Waals surface area contributed by atoms with E-state index in [0.29, 0.717) is 6.61 Å². The summed E-state index contributed by atoms with van der Waals surface area (Å²) >= 11 is 0. The zero-order chi connectivity index (χ0) is 11.8. The molecule has 2 N–H and O–H groups in total. The van der Waals surface area contributed by atoms with E-state index < -0.39 is 0 Å². The highest BCUT2D eigenvalue weighted by atomic mass is 16.5. The summed E-state index contributed by atoms with van der Waals surface area (Å²) < 4.78 is 10.8. The number of benzene rings is 1. The van der Waals surface area contributed by atoms with Gasteiger partial charge < -0.3 is 15.2 Å². The van der Waals surface area contributed by atoms with E-state index in [1.807, 2.05) is 13.0 Å². The van der Waals surface area contributed by atoms with Crippen molar-refractivity contribution in [1.29, 1.82) is 0 Å². The Balaban J connectivity index is 2.68. The van der Waals surface area contributed by atoms with Gasteiger partial charge in [-0.3, -0.25) is 0 Å². The fourth-order valence-electron chi connectivity index (χ4n) is 1.62. The van der Waals surface area contributed by atoms with Crippen LogP contribution in [0.3, 0.4) is 0 Å². The molecule has 90 valence electrons. The average Bonchev–Trinajstić information content (AvgIpc) is 2.30. The first-order valence-electron chi connectivity index (χ1n) is 5.81. The summed E-state index contributed by atoms with van der Waals surface area (Å²) in [6.45, 7) is 3.39. The van der Waals surface area contributed by atoms with E-state index in [1.54, 1.807) is 7.11 Å². The second-order valence-corrected chi connectivity index (χ2v) is 3.66. The van der Waals surface area contributed by atoms with Gasteiger partial charge in [-0.25, -0.2) is 0 Å². The molecule has 0 spiro atoms. The van der Waals surface area contributed by atoms with Gasteiger partial charge in [0.05, 0.1) is 13.7 Å². The molecule has 0 amide bonds.